The largest absolute Gasteiger partial charge is 0.461 e. The van der Waals surface area contributed by atoms with E-state index >= 15 is 4.39 Å². The highest BCUT2D eigenvalue weighted by Crippen LogP contribution is 2.44. The third-order valence-electron chi connectivity index (χ3n) is 9.88. The van der Waals surface area contributed by atoms with Gasteiger partial charge in [0.2, 0.25) is 0 Å². The molecule has 0 amide bonds. The van der Waals surface area contributed by atoms with E-state index in [-0.39, 0.29) is 28.7 Å². The van der Waals surface area contributed by atoms with Crippen LogP contribution in [0, 0.1) is 23.1 Å². The zero-order valence-corrected chi connectivity index (χ0v) is 23.9. The fourth-order valence-corrected chi connectivity index (χ4v) is 8.14. The molecule has 4 aliphatic rings. The lowest BCUT2D eigenvalue weighted by atomic mass is 9.85. The summed E-state index contributed by atoms with van der Waals surface area (Å²) in [5.74, 6) is 0.0154. The van der Waals surface area contributed by atoms with Crippen LogP contribution in [-0.4, -0.2) is 70.3 Å². The molecule has 10 heteroatoms. The third kappa shape index (κ3) is 4.03. The van der Waals surface area contributed by atoms with Crippen LogP contribution < -0.4 is 15.0 Å². The van der Waals surface area contributed by atoms with Gasteiger partial charge >= 0.3 is 6.01 Å². The number of ether oxygens (including phenoxy) is 1. The van der Waals surface area contributed by atoms with E-state index in [1.807, 2.05) is 30.3 Å². The van der Waals surface area contributed by atoms with Crippen LogP contribution >= 0.6 is 11.6 Å². The number of hydrogen-bond donors (Lipinski definition) is 1. The number of fused-ring (bicyclic) bond motifs is 5. The summed E-state index contributed by atoms with van der Waals surface area (Å²) < 4.78 is 23.0. The fraction of sp³-hybridized carbons (Fsp3) is 0.438. The molecule has 2 aromatic heterocycles. The Balaban J connectivity index is 1.25. The standard InChI is InChI=1S/C32H31ClFN7O/c33-25-7-2-5-19-4-1-6-23(26(19)25)28-27(34)29-24(15-36-28)30(40-16-21-8-9-22(17-40)37-21)39-31(38-29)42-18-32-11-3-12-41(32)13-10-20(32)14-35/h1-2,4-7,15,20-22,37H,3,8-13,16-18H2/t20?,21-,22+,32?. The van der Waals surface area contributed by atoms with Gasteiger partial charge in [0, 0.05) is 53.9 Å². The molecule has 4 fully saturated rings. The molecule has 1 N–H and O–H groups in total. The van der Waals surface area contributed by atoms with Gasteiger partial charge in [0.05, 0.1) is 22.9 Å². The molecule has 2 bridgehead atoms. The summed E-state index contributed by atoms with van der Waals surface area (Å²) >= 11 is 6.60. The fourth-order valence-electron chi connectivity index (χ4n) is 7.86. The van der Waals surface area contributed by atoms with Gasteiger partial charge in [-0.3, -0.25) is 9.88 Å². The van der Waals surface area contributed by atoms with Crippen LogP contribution in [-0.2, 0) is 0 Å². The number of benzene rings is 2. The van der Waals surface area contributed by atoms with E-state index in [2.05, 4.69) is 31.2 Å². The quantitative estimate of drug-likeness (QED) is 0.337. The van der Waals surface area contributed by atoms with Crippen molar-refractivity contribution in [1.82, 2.24) is 25.2 Å². The number of hydrogen-bond acceptors (Lipinski definition) is 8. The van der Waals surface area contributed by atoms with Crippen LogP contribution in [0.15, 0.2) is 42.6 Å². The number of rotatable bonds is 5. The molecular weight excluding hydrogens is 553 g/mol. The number of aromatic nitrogens is 3. The highest BCUT2D eigenvalue weighted by molar-refractivity contribution is 6.36. The number of piperazine rings is 1. The zero-order chi connectivity index (χ0) is 28.4. The highest BCUT2D eigenvalue weighted by atomic mass is 35.5. The van der Waals surface area contributed by atoms with Gasteiger partial charge in [-0.05, 0) is 50.1 Å². The summed E-state index contributed by atoms with van der Waals surface area (Å²) in [4.78, 5) is 18.8. The first-order chi connectivity index (χ1) is 20.5. The van der Waals surface area contributed by atoms with Gasteiger partial charge in [0.25, 0.3) is 0 Å². The van der Waals surface area contributed by atoms with Crippen molar-refractivity contribution in [2.75, 3.05) is 37.7 Å². The Kier molecular flexibility index (Phi) is 6.21. The molecule has 2 unspecified atom stereocenters. The van der Waals surface area contributed by atoms with Crippen molar-refractivity contribution in [1.29, 1.82) is 5.26 Å². The van der Waals surface area contributed by atoms with Gasteiger partial charge in [-0.1, -0.05) is 41.9 Å². The molecule has 0 aliphatic carbocycles. The molecule has 8 rings (SSSR count). The first kappa shape index (κ1) is 26.1. The van der Waals surface area contributed by atoms with Crippen LogP contribution in [0.3, 0.4) is 0 Å². The van der Waals surface area contributed by atoms with Crippen molar-refractivity contribution in [3.63, 3.8) is 0 Å². The van der Waals surface area contributed by atoms with Gasteiger partial charge in [-0.15, -0.1) is 0 Å². The molecule has 214 valence electrons. The average molecular weight is 584 g/mol. The van der Waals surface area contributed by atoms with Crippen molar-refractivity contribution in [2.45, 2.75) is 49.7 Å². The van der Waals surface area contributed by atoms with E-state index in [1.54, 1.807) is 12.3 Å². The summed E-state index contributed by atoms with van der Waals surface area (Å²) in [5, 5.41) is 16.3. The molecule has 6 heterocycles. The van der Waals surface area contributed by atoms with E-state index < -0.39 is 5.82 Å². The summed E-state index contributed by atoms with van der Waals surface area (Å²) in [5.41, 5.74) is 0.643. The number of anilines is 1. The number of nitrogens with zero attached hydrogens (tertiary/aromatic N) is 6. The number of nitrogens with one attached hydrogen (secondary N) is 1. The van der Waals surface area contributed by atoms with Gasteiger partial charge in [-0.25, -0.2) is 4.39 Å². The molecule has 42 heavy (non-hydrogen) atoms. The molecule has 0 saturated carbocycles. The predicted octanol–water partition coefficient (Wildman–Crippen LogP) is 5.33. The van der Waals surface area contributed by atoms with Crippen LogP contribution in [0.4, 0.5) is 10.2 Å². The van der Waals surface area contributed by atoms with Crippen molar-refractivity contribution in [3.05, 3.63) is 53.4 Å². The summed E-state index contributed by atoms with van der Waals surface area (Å²) in [6, 6.07) is 14.7. The molecule has 2 aromatic carbocycles. The number of halogens is 2. The SMILES string of the molecule is N#CC1CCN2CCCC12COc1nc(N2C[C@H]3CC[C@@H](C2)N3)c2cnc(-c3cccc4cccc(Cl)c34)c(F)c2n1. The molecule has 4 saturated heterocycles. The van der Waals surface area contributed by atoms with Crippen LogP contribution in [0.25, 0.3) is 32.9 Å². The normalized spacial score (nSPS) is 27.1. The average Bonchev–Trinajstić information content (AvgIpc) is 3.68. The maximum absolute atomic E-state index is 16.6. The Labute approximate surface area is 248 Å². The van der Waals surface area contributed by atoms with Crippen molar-refractivity contribution < 1.29 is 9.13 Å². The minimum atomic E-state index is -0.525. The van der Waals surface area contributed by atoms with Crippen molar-refractivity contribution in [2.24, 2.45) is 5.92 Å². The van der Waals surface area contributed by atoms with Gasteiger partial charge in [-0.2, -0.15) is 15.2 Å². The Morgan fingerprint density at radius 1 is 1.10 bits per heavy atom. The van der Waals surface area contributed by atoms with E-state index in [4.69, 9.17) is 21.3 Å². The van der Waals surface area contributed by atoms with E-state index in [1.165, 1.54) is 0 Å². The summed E-state index contributed by atoms with van der Waals surface area (Å²) in [6.45, 7) is 3.72. The Morgan fingerprint density at radius 3 is 2.71 bits per heavy atom. The smallest absolute Gasteiger partial charge is 0.319 e. The molecule has 0 spiro atoms. The van der Waals surface area contributed by atoms with Crippen LogP contribution in [0.1, 0.15) is 32.1 Å². The maximum atomic E-state index is 16.6. The lowest BCUT2D eigenvalue weighted by molar-refractivity contribution is 0.0896. The molecule has 0 radical (unpaired) electrons. The second-order valence-corrected chi connectivity index (χ2v) is 12.6. The maximum Gasteiger partial charge on any atom is 0.319 e. The van der Waals surface area contributed by atoms with Gasteiger partial charge in [0.15, 0.2) is 5.82 Å². The Hall–Kier alpha value is -3.58. The monoisotopic (exact) mass is 583 g/mol. The lowest BCUT2D eigenvalue weighted by Gasteiger charge is -2.35. The predicted molar refractivity (Wildman–Crippen MR) is 160 cm³/mol. The Morgan fingerprint density at radius 2 is 1.90 bits per heavy atom. The number of pyridine rings is 1. The van der Waals surface area contributed by atoms with Crippen molar-refractivity contribution >= 4 is 39.1 Å². The van der Waals surface area contributed by atoms with E-state index in [0.717, 1.165) is 69.1 Å². The van der Waals surface area contributed by atoms with Crippen molar-refractivity contribution in [3.8, 4) is 23.3 Å². The van der Waals surface area contributed by atoms with E-state index in [0.29, 0.717) is 40.5 Å². The first-order valence-electron chi connectivity index (χ1n) is 14.9. The molecule has 4 aliphatic heterocycles. The topological polar surface area (TPSA) is 90.2 Å². The molecular formula is C32H31ClFN7O. The zero-order valence-electron chi connectivity index (χ0n) is 23.2. The highest BCUT2D eigenvalue weighted by Gasteiger charge is 2.52. The minimum absolute atomic E-state index is 0.104. The Bertz CT molecular complexity index is 1740. The third-order valence-corrected chi connectivity index (χ3v) is 10.2. The van der Waals surface area contributed by atoms with Crippen LogP contribution in [0.5, 0.6) is 6.01 Å². The molecule has 4 atom stereocenters. The summed E-state index contributed by atoms with van der Waals surface area (Å²) in [6.07, 6.45) is 6.68. The second kappa shape index (κ2) is 10.0. The number of nitriles is 1. The minimum Gasteiger partial charge on any atom is -0.461 e. The first-order valence-corrected chi connectivity index (χ1v) is 15.2. The van der Waals surface area contributed by atoms with Gasteiger partial charge < -0.3 is 15.0 Å². The second-order valence-electron chi connectivity index (χ2n) is 12.2. The van der Waals surface area contributed by atoms with Gasteiger partial charge in [0.1, 0.15) is 23.6 Å². The van der Waals surface area contributed by atoms with E-state index in [9.17, 15) is 5.26 Å². The molecule has 4 aromatic rings. The van der Waals surface area contributed by atoms with Crippen LogP contribution in [0.2, 0.25) is 5.02 Å². The lowest BCUT2D eigenvalue weighted by Crippen LogP contribution is -2.51. The summed E-state index contributed by atoms with van der Waals surface area (Å²) in [7, 11) is 0. The molecule has 8 nitrogen and oxygen atoms in total.